The minimum atomic E-state index is -0.557. The predicted octanol–water partition coefficient (Wildman–Crippen LogP) is 3.87. The third-order valence-electron chi connectivity index (χ3n) is 10.6. The highest BCUT2D eigenvalue weighted by molar-refractivity contribution is 5.17. The summed E-state index contributed by atoms with van der Waals surface area (Å²) in [5.41, 5.74) is 5.36. The molecule has 0 radical (unpaired) electrons. The summed E-state index contributed by atoms with van der Waals surface area (Å²) in [6, 6.07) is 0. The van der Waals surface area contributed by atoms with Crippen molar-refractivity contribution in [3.8, 4) is 0 Å². The number of hydrogen-bond donors (Lipinski definition) is 2. The molecule has 30 heavy (non-hydrogen) atoms. The van der Waals surface area contributed by atoms with E-state index in [2.05, 4.69) is 13.8 Å². The second-order valence-corrected chi connectivity index (χ2v) is 11.5. The van der Waals surface area contributed by atoms with Crippen molar-refractivity contribution in [3.63, 3.8) is 0 Å². The van der Waals surface area contributed by atoms with Crippen LogP contribution in [0.4, 0.5) is 0 Å². The molecule has 5 nitrogen and oxygen atoms in total. The minimum Gasteiger partial charge on any atom is -0.389 e. The number of rotatable bonds is 5. The molecule has 172 valence electrons. The maximum absolute atomic E-state index is 12.2. The van der Waals surface area contributed by atoms with Crippen molar-refractivity contribution in [1.82, 2.24) is 0 Å². The van der Waals surface area contributed by atoms with Gasteiger partial charge in [-0.15, -0.1) is 0 Å². The van der Waals surface area contributed by atoms with E-state index in [1.54, 1.807) is 0 Å². The van der Waals surface area contributed by atoms with Crippen molar-refractivity contribution in [2.75, 3.05) is 26.4 Å². The third-order valence-corrected chi connectivity index (χ3v) is 10.6. The molecule has 5 aliphatic rings. The maximum Gasteiger partial charge on any atom is 0.161 e. The van der Waals surface area contributed by atoms with Crippen LogP contribution in [0.5, 0.6) is 0 Å². The largest absolute Gasteiger partial charge is 0.389 e. The fourth-order valence-electron chi connectivity index (χ4n) is 8.76. The molecule has 0 aromatic carbocycles. The average molecular weight is 422 g/mol. The molecule has 4 saturated carbocycles. The Morgan fingerprint density at radius 1 is 0.933 bits per heavy atom. The molecule has 5 heteroatoms. The van der Waals surface area contributed by atoms with Gasteiger partial charge in [0.05, 0.1) is 24.9 Å². The smallest absolute Gasteiger partial charge is 0.161 e. The van der Waals surface area contributed by atoms with E-state index in [1.165, 1.54) is 38.5 Å². The number of aliphatic hydroxyl groups is 1. The molecular weight excluding hydrogens is 378 g/mol. The standard InChI is InChI=1S/C25H43NO4/c1-23-9-6-18(28-13-3-12-26)16-17(23)4-5-20-19(23)7-10-24(2)21(8-11-25(20,24)27)22-29-14-15-30-22/h17-22,27H,3-16,26H2,1-2H3/t17?,18?,19-,20-,21?,23+,24-,25-/m1/s1. The summed E-state index contributed by atoms with van der Waals surface area (Å²) in [4.78, 5) is 0. The van der Waals surface area contributed by atoms with Crippen molar-refractivity contribution in [2.24, 2.45) is 40.2 Å². The number of ether oxygens (including phenoxy) is 3. The second kappa shape index (κ2) is 7.98. The van der Waals surface area contributed by atoms with E-state index in [0.29, 0.717) is 49.0 Å². The molecular formula is C25H43NO4. The third kappa shape index (κ3) is 3.14. The molecule has 5 fully saturated rings. The van der Waals surface area contributed by atoms with Gasteiger partial charge in [-0.3, -0.25) is 0 Å². The van der Waals surface area contributed by atoms with Crippen LogP contribution in [-0.4, -0.2) is 49.5 Å². The van der Waals surface area contributed by atoms with Gasteiger partial charge < -0.3 is 25.1 Å². The van der Waals surface area contributed by atoms with Crippen molar-refractivity contribution >= 4 is 0 Å². The Balaban J connectivity index is 1.32. The average Bonchev–Trinajstić information content (AvgIpc) is 3.34. The maximum atomic E-state index is 12.2. The summed E-state index contributed by atoms with van der Waals surface area (Å²) in [5.74, 6) is 2.15. The van der Waals surface area contributed by atoms with Crippen LogP contribution in [0.2, 0.25) is 0 Å². The number of fused-ring (bicyclic) bond motifs is 5. The second-order valence-electron chi connectivity index (χ2n) is 11.5. The molecule has 3 N–H and O–H groups in total. The molecule has 0 bridgehead atoms. The highest BCUT2D eigenvalue weighted by Gasteiger charge is 2.68. The lowest BCUT2D eigenvalue weighted by Gasteiger charge is -2.63. The Morgan fingerprint density at radius 3 is 2.47 bits per heavy atom. The van der Waals surface area contributed by atoms with E-state index in [9.17, 15) is 5.11 Å². The quantitative estimate of drug-likeness (QED) is 0.659. The van der Waals surface area contributed by atoms with Crippen LogP contribution in [0.3, 0.4) is 0 Å². The Kier molecular flexibility index (Phi) is 5.76. The SMILES string of the molecule is C[C@]12CCC(OCCCN)CC1CC[C@@H]1[C@H]2CC[C@]2(C)C(C3OCCO3)CC[C@@]12O. The lowest BCUT2D eigenvalue weighted by molar-refractivity contribution is -0.228. The summed E-state index contributed by atoms with van der Waals surface area (Å²) in [7, 11) is 0. The van der Waals surface area contributed by atoms with Crippen LogP contribution in [0.25, 0.3) is 0 Å². The summed E-state index contributed by atoms with van der Waals surface area (Å²) in [6.07, 6.45) is 11.6. The van der Waals surface area contributed by atoms with Crippen molar-refractivity contribution in [1.29, 1.82) is 0 Å². The van der Waals surface area contributed by atoms with E-state index in [-0.39, 0.29) is 11.7 Å². The van der Waals surface area contributed by atoms with Crippen molar-refractivity contribution in [3.05, 3.63) is 0 Å². The van der Waals surface area contributed by atoms with Gasteiger partial charge in [0, 0.05) is 17.9 Å². The first-order chi connectivity index (χ1) is 14.4. The fourth-order valence-corrected chi connectivity index (χ4v) is 8.76. The van der Waals surface area contributed by atoms with Gasteiger partial charge in [0.2, 0.25) is 0 Å². The van der Waals surface area contributed by atoms with Crippen LogP contribution >= 0.6 is 0 Å². The summed E-state index contributed by atoms with van der Waals surface area (Å²) in [6.45, 7) is 7.83. The molecule has 4 aliphatic carbocycles. The molecule has 0 aromatic heterocycles. The monoisotopic (exact) mass is 421 g/mol. The van der Waals surface area contributed by atoms with Gasteiger partial charge >= 0.3 is 0 Å². The van der Waals surface area contributed by atoms with E-state index < -0.39 is 5.60 Å². The zero-order chi connectivity index (χ0) is 21.0. The van der Waals surface area contributed by atoms with Gasteiger partial charge in [-0.1, -0.05) is 13.8 Å². The molecule has 1 saturated heterocycles. The first-order valence-corrected chi connectivity index (χ1v) is 12.7. The van der Waals surface area contributed by atoms with Gasteiger partial charge in [-0.05, 0) is 93.9 Å². The number of nitrogens with two attached hydrogens (primary N) is 1. The Hall–Kier alpha value is -0.200. The van der Waals surface area contributed by atoms with E-state index in [1.807, 2.05) is 0 Å². The predicted molar refractivity (Wildman–Crippen MR) is 116 cm³/mol. The van der Waals surface area contributed by atoms with E-state index in [0.717, 1.165) is 38.2 Å². The zero-order valence-electron chi connectivity index (χ0n) is 19.1. The van der Waals surface area contributed by atoms with Gasteiger partial charge in [0.1, 0.15) is 0 Å². The molecule has 8 atom stereocenters. The van der Waals surface area contributed by atoms with Crippen molar-refractivity contribution < 1.29 is 19.3 Å². The molecule has 0 aromatic rings. The molecule has 5 rings (SSSR count). The Morgan fingerprint density at radius 2 is 1.70 bits per heavy atom. The van der Waals surface area contributed by atoms with Gasteiger partial charge in [-0.25, -0.2) is 0 Å². The molecule has 1 aliphatic heterocycles. The molecule has 1 heterocycles. The van der Waals surface area contributed by atoms with Gasteiger partial charge in [0.15, 0.2) is 6.29 Å². The lowest BCUT2D eigenvalue weighted by Crippen LogP contribution is -2.63. The normalized spacial score (nSPS) is 51.4. The summed E-state index contributed by atoms with van der Waals surface area (Å²) >= 11 is 0. The first-order valence-electron chi connectivity index (χ1n) is 12.7. The number of hydrogen-bond acceptors (Lipinski definition) is 5. The van der Waals surface area contributed by atoms with E-state index >= 15 is 0 Å². The first kappa shape index (κ1) is 21.6. The molecule has 0 amide bonds. The zero-order valence-corrected chi connectivity index (χ0v) is 19.1. The van der Waals surface area contributed by atoms with Gasteiger partial charge in [0.25, 0.3) is 0 Å². The minimum absolute atomic E-state index is 0.0745. The molecule has 3 unspecified atom stereocenters. The summed E-state index contributed by atoms with van der Waals surface area (Å²) < 4.78 is 18.0. The Bertz CT molecular complexity index is 624. The lowest BCUT2D eigenvalue weighted by atomic mass is 9.43. The Labute approximate surface area is 182 Å². The highest BCUT2D eigenvalue weighted by atomic mass is 16.7. The van der Waals surface area contributed by atoms with Crippen LogP contribution in [0.15, 0.2) is 0 Å². The van der Waals surface area contributed by atoms with Crippen LogP contribution < -0.4 is 5.73 Å². The van der Waals surface area contributed by atoms with Crippen LogP contribution in [0, 0.1) is 34.5 Å². The molecule has 0 spiro atoms. The van der Waals surface area contributed by atoms with E-state index in [4.69, 9.17) is 19.9 Å². The summed E-state index contributed by atoms with van der Waals surface area (Å²) in [5, 5.41) is 12.2. The topological polar surface area (TPSA) is 73.9 Å². The van der Waals surface area contributed by atoms with Crippen LogP contribution in [0.1, 0.15) is 78.1 Å². The highest BCUT2D eigenvalue weighted by Crippen LogP contribution is 2.69. The van der Waals surface area contributed by atoms with Crippen molar-refractivity contribution in [2.45, 2.75) is 96.1 Å². The van der Waals surface area contributed by atoms with Crippen LogP contribution in [-0.2, 0) is 14.2 Å². The fraction of sp³-hybridized carbons (Fsp3) is 1.00. The van der Waals surface area contributed by atoms with Gasteiger partial charge in [-0.2, -0.15) is 0 Å².